The molecule has 0 radical (unpaired) electrons. The van der Waals surface area contributed by atoms with E-state index in [1.165, 1.54) is 0 Å². The fourth-order valence-electron chi connectivity index (χ4n) is 2.89. The lowest BCUT2D eigenvalue weighted by molar-refractivity contribution is -0.135. The summed E-state index contributed by atoms with van der Waals surface area (Å²) in [6.45, 7) is 7.46. The second-order valence-electron chi connectivity index (χ2n) is 7.29. The molecule has 6 heteroatoms. The van der Waals surface area contributed by atoms with Gasteiger partial charge in [-0.3, -0.25) is 14.5 Å². The summed E-state index contributed by atoms with van der Waals surface area (Å²) in [6.07, 6.45) is 1.39. The number of imide groups is 1. The van der Waals surface area contributed by atoms with Crippen LogP contribution in [0.25, 0.3) is 0 Å². The van der Waals surface area contributed by atoms with Crippen LogP contribution in [0, 0.1) is 5.92 Å². The van der Waals surface area contributed by atoms with Crippen LogP contribution in [0.5, 0.6) is 0 Å². The molecular weight excluding hydrogens is 318 g/mol. The summed E-state index contributed by atoms with van der Waals surface area (Å²) in [5.74, 6) is -0.251. The third-order valence-electron chi connectivity index (χ3n) is 4.55. The summed E-state index contributed by atoms with van der Waals surface area (Å²) in [6, 6.07) is 8.85. The lowest BCUT2D eigenvalue weighted by Crippen LogP contribution is -2.45. The second-order valence-corrected chi connectivity index (χ2v) is 7.29. The van der Waals surface area contributed by atoms with Crippen molar-refractivity contribution in [1.82, 2.24) is 15.5 Å². The Bertz CT molecular complexity index is 645. The molecule has 0 unspecified atom stereocenters. The third-order valence-corrected chi connectivity index (χ3v) is 4.55. The van der Waals surface area contributed by atoms with Gasteiger partial charge in [0.1, 0.15) is 12.1 Å². The van der Waals surface area contributed by atoms with Gasteiger partial charge in [0.2, 0.25) is 5.91 Å². The van der Waals surface area contributed by atoms with E-state index in [1.54, 1.807) is 6.92 Å². The number of carbonyl (C=O) groups excluding carboxylic acids is 3. The van der Waals surface area contributed by atoms with Crippen LogP contribution in [0.4, 0.5) is 4.79 Å². The highest BCUT2D eigenvalue weighted by Gasteiger charge is 2.47. The van der Waals surface area contributed by atoms with Crippen LogP contribution in [0.3, 0.4) is 0 Å². The van der Waals surface area contributed by atoms with Crippen molar-refractivity contribution in [2.75, 3.05) is 6.54 Å². The fraction of sp³-hybridized carbons (Fsp3) is 0.526. The van der Waals surface area contributed by atoms with Crippen LogP contribution in [0.2, 0.25) is 0 Å². The minimum atomic E-state index is -0.924. The summed E-state index contributed by atoms with van der Waals surface area (Å²) in [4.78, 5) is 38.0. The van der Waals surface area contributed by atoms with Crippen LogP contribution in [0.15, 0.2) is 30.3 Å². The van der Waals surface area contributed by atoms with Gasteiger partial charge in [-0.1, -0.05) is 44.2 Å². The number of benzene rings is 1. The van der Waals surface area contributed by atoms with Crippen molar-refractivity contribution >= 4 is 17.8 Å². The fourth-order valence-corrected chi connectivity index (χ4v) is 2.89. The number of amides is 4. The summed E-state index contributed by atoms with van der Waals surface area (Å²) in [7, 11) is 0. The van der Waals surface area contributed by atoms with Crippen molar-refractivity contribution in [1.29, 1.82) is 0 Å². The minimum Gasteiger partial charge on any atom is -0.348 e. The van der Waals surface area contributed by atoms with Crippen LogP contribution in [-0.4, -0.2) is 34.8 Å². The van der Waals surface area contributed by atoms with Crippen molar-refractivity contribution in [3.05, 3.63) is 35.9 Å². The highest BCUT2D eigenvalue weighted by atomic mass is 16.2. The van der Waals surface area contributed by atoms with Crippen molar-refractivity contribution in [3.8, 4) is 0 Å². The van der Waals surface area contributed by atoms with Gasteiger partial charge in [0.15, 0.2) is 0 Å². The van der Waals surface area contributed by atoms with Gasteiger partial charge in [-0.25, -0.2) is 4.79 Å². The van der Waals surface area contributed by atoms with Crippen LogP contribution >= 0.6 is 0 Å². The number of rotatable bonds is 7. The van der Waals surface area contributed by atoms with E-state index in [4.69, 9.17) is 0 Å². The number of nitrogens with one attached hydrogen (secondary N) is 2. The lowest BCUT2D eigenvalue weighted by atomic mass is 9.92. The zero-order valence-corrected chi connectivity index (χ0v) is 15.3. The maximum atomic E-state index is 12.6. The second kappa shape index (κ2) is 7.68. The van der Waals surface area contributed by atoms with Crippen molar-refractivity contribution in [2.24, 2.45) is 5.92 Å². The predicted molar refractivity (Wildman–Crippen MR) is 95.7 cm³/mol. The molecule has 1 fully saturated rings. The van der Waals surface area contributed by atoms with E-state index < -0.39 is 11.6 Å². The summed E-state index contributed by atoms with van der Waals surface area (Å²) in [5, 5.41) is 5.56. The van der Waals surface area contributed by atoms with Crippen molar-refractivity contribution < 1.29 is 14.4 Å². The molecule has 1 aliphatic rings. The lowest BCUT2D eigenvalue weighted by Gasteiger charge is -2.22. The highest BCUT2D eigenvalue weighted by molar-refractivity contribution is 6.08. The quantitative estimate of drug-likeness (QED) is 0.746. The maximum Gasteiger partial charge on any atom is 0.325 e. The average Bonchev–Trinajstić information content (AvgIpc) is 2.77. The zero-order valence-electron chi connectivity index (χ0n) is 15.3. The molecule has 0 bridgehead atoms. The molecular formula is C19H27N3O3. The molecule has 1 aliphatic heterocycles. The summed E-state index contributed by atoms with van der Waals surface area (Å²) in [5.41, 5.74) is 0.0435. The first-order chi connectivity index (χ1) is 11.7. The van der Waals surface area contributed by atoms with Gasteiger partial charge in [-0.15, -0.1) is 0 Å². The van der Waals surface area contributed by atoms with Crippen LogP contribution < -0.4 is 10.6 Å². The SMILES string of the molecule is CC(C)CC[C@@]1(C)NC(=O)N(CC(=O)N[C@@H](C)c2ccccc2)C1=O. The Kier molecular flexibility index (Phi) is 5.82. The largest absolute Gasteiger partial charge is 0.348 e. The Morgan fingerprint density at radius 3 is 2.44 bits per heavy atom. The molecule has 1 heterocycles. The van der Waals surface area contributed by atoms with E-state index >= 15 is 0 Å². The number of hydrogen-bond acceptors (Lipinski definition) is 3. The van der Waals surface area contributed by atoms with Gasteiger partial charge < -0.3 is 10.6 Å². The first-order valence-corrected chi connectivity index (χ1v) is 8.71. The Hall–Kier alpha value is -2.37. The van der Waals surface area contributed by atoms with E-state index in [-0.39, 0.29) is 24.4 Å². The summed E-state index contributed by atoms with van der Waals surface area (Å²) >= 11 is 0. The van der Waals surface area contributed by atoms with E-state index in [0.29, 0.717) is 12.3 Å². The van der Waals surface area contributed by atoms with Crippen molar-refractivity contribution in [2.45, 2.75) is 52.1 Å². The number of carbonyl (C=O) groups is 3. The molecule has 1 aromatic rings. The molecule has 136 valence electrons. The van der Waals surface area contributed by atoms with Gasteiger partial charge in [-0.2, -0.15) is 0 Å². The van der Waals surface area contributed by atoms with Crippen LogP contribution in [0.1, 0.15) is 52.1 Å². The summed E-state index contributed by atoms with van der Waals surface area (Å²) < 4.78 is 0. The Morgan fingerprint density at radius 1 is 1.20 bits per heavy atom. The molecule has 1 aromatic carbocycles. The molecule has 2 rings (SSSR count). The molecule has 0 spiro atoms. The molecule has 0 aromatic heterocycles. The Morgan fingerprint density at radius 2 is 1.84 bits per heavy atom. The first-order valence-electron chi connectivity index (χ1n) is 8.71. The Labute approximate surface area is 149 Å². The third kappa shape index (κ3) is 4.59. The molecule has 2 N–H and O–H groups in total. The highest BCUT2D eigenvalue weighted by Crippen LogP contribution is 2.24. The van der Waals surface area contributed by atoms with Gasteiger partial charge >= 0.3 is 6.03 Å². The van der Waals surface area contributed by atoms with E-state index in [0.717, 1.165) is 16.9 Å². The van der Waals surface area contributed by atoms with Crippen LogP contribution in [-0.2, 0) is 9.59 Å². The standard InChI is InChI=1S/C19H27N3O3/c1-13(2)10-11-19(4)17(24)22(18(25)21-19)12-16(23)20-14(3)15-8-6-5-7-9-15/h5-9,13-14H,10-12H2,1-4H3,(H,20,23)(H,21,25)/t14-,19+/m0/s1. The molecule has 0 aliphatic carbocycles. The van der Waals surface area contributed by atoms with Gasteiger partial charge in [-0.05, 0) is 38.2 Å². The monoisotopic (exact) mass is 345 g/mol. The van der Waals surface area contributed by atoms with E-state index in [9.17, 15) is 14.4 Å². The van der Waals surface area contributed by atoms with E-state index in [2.05, 4.69) is 24.5 Å². The average molecular weight is 345 g/mol. The minimum absolute atomic E-state index is 0.193. The van der Waals surface area contributed by atoms with E-state index in [1.807, 2.05) is 37.3 Å². The predicted octanol–water partition coefficient (Wildman–Crippen LogP) is 2.61. The molecule has 1 saturated heterocycles. The smallest absolute Gasteiger partial charge is 0.325 e. The van der Waals surface area contributed by atoms with Gasteiger partial charge in [0.25, 0.3) is 5.91 Å². The number of nitrogens with zero attached hydrogens (tertiary/aromatic N) is 1. The van der Waals surface area contributed by atoms with Gasteiger partial charge in [0.05, 0.1) is 6.04 Å². The molecule has 4 amide bonds. The molecule has 6 nitrogen and oxygen atoms in total. The zero-order chi connectivity index (χ0) is 18.6. The Balaban J connectivity index is 1.96. The normalized spacial score (nSPS) is 21.4. The molecule has 2 atom stereocenters. The van der Waals surface area contributed by atoms with Crippen molar-refractivity contribution in [3.63, 3.8) is 0 Å². The maximum absolute atomic E-state index is 12.6. The molecule has 25 heavy (non-hydrogen) atoms. The number of urea groups is 1. The topological polar surface area (TPSA) is 78.5 Å². The first kappa shape index (κ1) is 19.0. The number of hydrogen-bond donors (Lipinski definition) is 2. The van der Waals surface area contributed by atoms with Gasteiger partial charge in [0, 0.05) is 0 Å². The molecule has 0 saturated carbocycles.